The Kier molecular flexibility index (Phi) is 4.37. The zero-order valence-electron chi connectivity index (χ0n) is 13.7. The Morgan fingerprint density at radius 3 is 2.44 bits per heavy atom. The number of carbonyl (C=O) groups is 2. The summed E-state index contributed by atoms with van der Waals surface area (Å²) < 4.78 is 0. The molecule has 0 bridgehead atoms. The Balaban J connectivity index is 2.05. The second-order valence-corrected chi connectivity index (χ2v) is 6.16. The molecule has 2 aromatic carbocycles. The van der Waals surface area contributed by atoms with Gasteiger partial charge in [0.05, 0.1) is 5.69 Å². The first-order chi connectivity index (χ1) is 11.9. The maximum atomic E-state index is 12.9. The van der Waals surface area contributed by atoms with Crippen molar-refractivity contribution in [3.8, 4) is 5.75 Å². The number of phenolic OH excluding ortho intramolecular Hbond substituents is 1. The number of aryl methyl sites for hydroxylation is 1. The first-order valence-electron chi connectivity index (χ1n) is 7.65. The zero-order chi connectivity index (χ0) is 18.1. The Bertz CT molecular complexity index is 917. The molecule has 0 spiro atoms. The van der Waals surface area contributed by atoms with Crippen LogP contribution in [0.5, 0.6) is 5.75 Å². The van der Waals surface area contributed by atoms with Crippen molar-refractivity contribution in [2.75, 3.05) is 4.90 Å². The molecule has 0 aliphatic carbocycles. The fraction of sp³-hybridized carbons (Fsp3) is 0.105. The van der Waals surface area contributed by atoms with Gasteiger partial charge in [-0.3, -0.25) is 19.8 Å². The molecule has 2 N–H and O–H groups in total. The van der Waals surface area contributed by atoms with Crippen molar-refractivity contribution < 1.29 is 14.7 Å². The summed E-state index contributed by atoms with van der Waals surface area (Å²) in [5, 5.41) is 12.0. The number of nitrogens with zero attached hydrogens (tertiary/aromatic N) is 1. The highest BCUT2D eigenvalue weighted by molar-refractivity contribution is 7.80. The number of thiocarbonyl (C=S) groups is 1. The van der Waals surface area contributed by atoms with Crippen molar-refractivity contribution in [3.05, 3.63) is 64.7 Å². The van der Waals surface area contributed by atoms with Crippen LogP contribution in [-0.4, -0.2) is 22.0 Å². The van der Waals surface area contributed by atoms with E-state index < -0.39 is 11.8 Å². The molecular weight excluding hydrogens is 336 g/mol. The maximum Gasteiger partial charge on any atom is 0.270 e. The SMILES string of the molecule is Cc1cccc(N2C(=O)/C(=C/c3ccc(O)cc3)C(=O)NC2=S)c1C. The number of hydrogen-bond acceptors (Lipinski definition) is 4. The molecule has 1 aliphatic rings. The number of aromatic hydroxyl groups is 1. The van der Waals surface area contributed by atoms with Gasteiger partial charge in [0.25, 0.3) is 11.8 Å². The average molecular weight is 352 g/mol. The minimum atomic E-state index is -0.537. The van der Waals surface area contributed by atoms with Crippen LogP contribution >= 0.6 is 12.2 Å². The summed E-state index contributed by atoms with van der Waals surface area (Å²) in [4.78, 5) is 26.5. The highest BCUT2D eigenvalue weighted by Gasteiger charge is 2.35. The van der Waals surface area contributed by atoms with Gasteiger partial charge in [0.1, 0.15) is 11.3 Å². The molecule has 2 amide bonds. The predicted molar refractivity (Wildman–Crippen MR) is 100 cm³/mol. The smallest absolute Gasteiger partial charge is 0.270 e. The van der Waals surface area contributed by atoms with Crippen LogP contribution in [0, 0.1) is 13.8 Å². The van der Waals surface area contributed by atoms with Crippen LogP contribution in [0.25, 0.3) is 6.08 Å². The topological polar surface area (TPSA) is 69.6 Å². The summed E-state index contributed by atoms with van der Waals surface area (Å²) in [5.74, 6) is -0.903. The van der Waals surface area contributed by atoms with E-state index in [0.717, 1.165) is 11.1 Å². The van der Waals surface area contributed by atoms with Crippen LogP contribution in [0.15, 0.2) is 48.0 Å². The first-order valence-corrected chi connectivity index (χ1v) is 8.06. The van der Waals surface area contributed by atoms with Gasteiger partial charge in [0.2, 0.25) is 0 Å². The van der Waals surface area contributed by atoms with Gasteiger partial charge in [-0.25, -0.2) is 0 Å². The summed E-state index contributed by atoms with van der Waals surface area (Å²) in [6, 6.07) is 11.8. The molecular formula is C19H16N2O3S. The summed E-state index contributed by atoms with van der Waals surface area (Å²) in [5.41, 5.74) is 3.20. The molecule has 0 saturated carbocycles. The number of nitrogens with one attached hydrogen (secondary N) is 1. The number of carbonyl (C=O) groups excluding carboxylic acids is 2. The quantitative estimate of drug-likeness (QED) is 0.495. The molecule has 5 nitrogen and oxygen atoms in total. The summed E-state index contributed by atoms with van der Waals surface area (Å²) in [6.45, 7) is 3.85. The first kappa shape index (κ1) is 16.9. The fourth-order valence-electron chi connectivity index (χ4n) is 2.59. The van der Waals surface area contributed by atoms with Gasteiger partial charge < -0.3 is 5.11 Å². The van der Waals surface area contributed by atoms with Gasteiger partial charge in [0, 0.05) is 0 Å². The van der Waals surface area contributed by atoms with Crippen LogP contribution in [0.2, 0.25) is 0 Å². The standard InChI is InChI=1S/C19H16N2O3S/c1-11-4-3-5-16(12(11)2)21-18(24)15(17(23)20-19(21)25)10-13-6-8-14(22)9-7-13/h3-10,22H,1-2H3,(H,20,23,25)/b15-10+. The van der Waals surface area contributed by atoms with Crippen LogP contribution in [0.4, 0.5) is 5.69 Å². The molecule has 1 saturated heterocycles. The molecule has 3 rings (SSSR count). The number of anilines is 1. The highest BCUT2D eigenvalue weighted by Crippen LogP contribution is 2.27. The normalized spacial score (nSPS) is 16.3. The third-order valence-electron chi connectivity index (χ3n) is 4.12. The van der Waals surface area contributed by atoms with Crippen LogP contribution in [0.3, 0.4) is 0 Å². The Labute approximate surface area is 150 Å². The third-order valence-corrected chi connectivity index (χ3v) is 4.41. The van der Waals surface area contributed by atoms with Crippen molar-refractivity contribution in [1.82, 2.24) is 5.32 Å². The minimum absolute atomic E-state index is 0.0137. The number of hydrogen-bond donors (Lipinski definition) is 2. The predicted octanol–water partition coefficient (Wildman–Crippen LogP) is 2.84. The lowest BCUT2D eigenvalue weighted by Crippen LogP contribution is -2.54. The number of amides is 2. The van der Waals surface area contributed by atoms with E-state index in [4.69, 9.17) is 12.2 Å². The molecule has 126 valence electrons. The van der Waals surface area contributed by atoms with E-state index in [1.54, 1.807) is 18.2 Å². The second-order valence-electron chi connectivity index (χ2n) is 5.77. The van der Waals surface area contributed by atoms with Crippen LogP contribution in [0.1, 0.15) is 16.7 Å². The summed E-state index contributed by atoms with van der Waals surface area (Å²) in [7, 11) is 0. The molecule has 0 aromatic heterocycles. The maximum absolute atomic E-state index is 12.9. The monoisotopic (exact) mass is 352 g/mol. The van der Waals surface area contributed by atoms with Gasteiger partial charge in [0.15, 0.2) is 5.11 Å². The van der Waals surface area contributed by atoms with Gasteiger partial charge in [-0.05, 0) is 67.0 Å². The fourth-order valence-corrected chi connectivity index (χ4v) is 2.87. The molecule has 0 radical (unpaired) electrons. The molecule has 6 heteroatoms. The zero-order valence-corrected chi connectivity index (χ0v) is 14.6. The number of benzene rings is 2. The summed E-state index contributed by atoms with van der Waals surface area (Å²) >= 11 is 5.21. The van der Waals surface area contributed by atoms with Gasteiger partial charge in [-0.15, -0.1) is 0 Å². The molecule has 1 aliphatic heterocycles. The van der Waals surface area contributed by atoms with Crippen molar-refractivity contribution in [2.45, 2.75) is 13.8 Å². The Hall–Kier alpha value is -2.99. The van der Waals surface area contributed by atoms with Gasteiger partial charge >= 0.3 is 0 Å². The molecule has 1 fully saturated rings. The van der Waals surface area contributed by atoms with Crippen molar-refractivity contribution >= 4 is 40.9 Å². The number of rotatable bonds is 2. The average Bonchev–Trinajstić information content (AvgIpc) is 2.57. The molecule has 0 atom stereocenters. The highest BCUT2D eigenvalue weighted by atomic mass is 32.1. The van der Waals surface area contributed by atoms with E-state index in [-0.39, 0.29) is 16.4 Å². The van der Waals surface area contributed by atoms with Crippen molar-refractivity contribution in [2.24, 2.45) is 0 Å². The minimum Gasteiger partial charge on any atom is -0.508 e. The molecule has 1 heterocycles. The van der Waals surface area contributed by atoms with Gasteiger partial charge in [-0.2, -0.15) is 0 Å². The van der Waals surface area contributed by atoms with E-state index in [1.807, 2.05) is 26.0 Å². The molecule has 25 heavy (non-hydrogen) atoms. The third kappa shape index (κ3) is 3.16. The Morgan fingerprint density at radius 2 is 1.76 bits per heavy atom. The van der Waals surface area contributed by atoms with Crippen LogP contribution < -0.4 is 10.2 Å². The second kappa shape index (κ2) is 6.49. The lowest BCUT2D eigenvalue weighted by Gasteiger charge is -2.30. The van der Waals surface area contributed by atoms with E-state index in [0.29, 0.717) is 11.3 Å². The summed E-state index contributed by atoms with van der Waals surface area (Å²) in [6.07, 6.45) is 1.48. The van der Waals surface area contributed by atoms with E-state index in [2.05, 4.69) is 5.32 Å². The molecule has 0 unspecified atom stereocenters. The van der Waals surface area contributed by atoms with Gasteiger partial charge in [-0.1, -0.05) is 24.3 Å². The lowest BCUT2D eigenvalue weighted by molar-refractivity contribution is -0.122. The number of phenols is 1. The molecule has 2 aromatic rings. The van der Waals surface area contributed by atoms with Crippen molar-refractivity contribution in [3.63, 3.8) is 0 Å². The largest absolute Gasteiger partial charge is 0.508 e. The van der Waals surface area contributed by atoms with Crippen molar-refractivity contribution in [1.29, 1.82) is 0 Å². The Morgan fingerprint density at radius 1 is 1.08 bits per heavy atom. The van der Waals surface area contributed by atoms with E-state index in [1.165, 1.54) is 23.1 Å². The van der Waals surface area contributed by atoms with E-state index in [9.17, 15) is 14.7 Å². The lowest BCUT2D eigenvalue weighted by atomic mass is 10.0. The van der Waals surface area contributed by atoms with E-state index >= 15 is 0 Å². The van der Waals surface area contributed by atoms with Crippen LogP contribution in [-0.2, 0) is 9.59 Å².